The number of aromatic nitrogens is 2. The van der Waals surface area contributed by atoms with Crippen LogP contribution in [0, 0.1) is 17.9 Å². The number of hydrogen-bond acceptors (Lipinski definition) is 3. The van der Waals surface area contributed by atoms with Crippen LogP contribution in [0.15, 0.2) is 215 Å². The number of rotatable bonds is 5. The summed E-state index contributed by atoms with van der Waals surface area (Å²) in [6, 6.07) is 26.8. The van der Waals surface area contributed by atoms with Crippen LogP contribution in [0.4, 0.5) is 5.69 Å². The predicted molar refractivity (Wildman–Crippen MR) is 277 cm³/mol. The lowest BCUT2D eigenvalue weighted by atomic mass is 9.95. The molecule has 6 heteroatoms. The highest BCUT2D eigenvalue weighted by Crippen LogP contribution is 2.50. The van der Waals surface area contributed by atoms with Gasteiger partial charge in [0.05, 0.1) is 76.9 Å². The number of benzene rings is 10. The molecule has 0 amide bonds. The van der Waals surface area contributed by atoms with Crippen LogP contribution in [0.2, 0.25) is 0 Å². The van der Waals surface area contributed by atoms with Gasteiger partial charge in [-0.15, -0.1) is 0 Å². The maximum absolute atomic E-state index is 11.6. The molecule has 0 bridgehead atoms. The second-order valence-corrected chi connectivity index (χ2v) is 16.2. The van der Waals surface area contributed by atoms with Gasteiger partial charge in [0.2, 0.25) is 5.69 Å². The molecule has 6 nitrogen and oxygen atoms in total. The topological polar surface area (TPSA) is 64.3 Å². The summed E-state index contributed by atoms with van der Waals surface area (Å²) in [6.45, 7) is 8.95. The molecule has 0 saturated heterocycles. The zero-order valence-electron chi connectivity index (χ0n) is 50.1. The Hall–Kier alpha value is -9.62. The van der Waals surface area contributed by atoms with Crippen LogP contribution in [0.1, 0.15) is 26.1 Å². The van der Waals surface area contributed by atoms with E-state index < -0.39 is 90.6 Å². The van der Waals surface area contributed by atoms with Crippen molar-refractivity contribution in [1.29, 1.82) is 5.26 Å². The zero-order chi connectivity index (χ0) is 58.1. The van der Waals surface area contributed by atoms with E-state index in [0.29, 0.717) is 76.7 Å². The highest BCUT2D eigenvalue weighted by Gasteiger charge is 2.29. The van der Waals surface area contributed by atoms with Gasteiger partial charge in [0.25, 0.3) is 0 Å². The van der Waals surface area contributed by atoms with Crippen molar-refractivity contribution in [3.63, 3.8) is 0 Å². The van der Waals surface area contributed by atoms with Crippen molar-refractivity contribution in [2.24, 2.45) is 0 Å². The molecule has 314 valence electrons. The number of furan rings is 2. The fourth-order valence-corrected chi connectivity index (χ4v) is 10.0. The summed E-state index contributed by atoms with van der Waals surface area (Å²) in [7, 11) is 0. The van der Waals surface area contributed by atoms with E-state index in [9.17, 15) is 8.00 Å². The van der Waals surface area contributed by atoms with Gasteiger partial charge in [0.1, 0.15) is 28.4 Å². The van der Waals surface area contributed by atoms with Crippen molar-refractivity contribution in [2.75, 3.05) is 0 Å². The molecule has 14 rings (SSSR count). The third-order valence-electron chi connectivity index (χ3n) is 12.8. The smallest absolute Gasteiger partial charge is 0.212 e. The van der Waals surface area contributed by atoms with Crippen LogP contribution in [-0.4, -0.2) is 9.13 Å². The van der Waals surface area contributed by atoms with Crippen LogP contribution in [-0.2, 0) is 0 Å². The van der Waals surface area contributed by atoms with Gasteiger partial charge in [-0.05, 0) is 94.5 Å². The Bertz CT molecular complexity index is 5060. The average molecular weight is 882 g/mol. The quantitative estimate of drug-likeness (QED) is 0.162. The molecular weight excluding hydrogens is 833 g/mol. The van der Waals surface area contributed by atoms with Gasteiger partial charge in [-0.2, -0.15) is 5.26 Å². The lowest BCUT2D eigenvalue weighted by Gasteiger charge is -2.23. The minimum absolute atomic E-state index is 0.0324. The Kier molecular flexibility index (Phi) is 5.47. The molecule has 0 saturated carbocycles. The normalized spacial score (nSPS) is 14.9. The summed E-state index contributed by atoms with van der Waals surface area (Å²) in [5.41, 5.74) is 2.58. The van der Waals surface area contributed by atoms with Crippen molar-refractivity contribution in [2.45, 2.75) is 0 Å². The van der Waals surface area contributed by atoms with Crippen molar-refractivity contribution >= 4 is 93.2 Å². The van der Waals surface area contributed by atoms with Crippen LogP contribution >= 0.6 is 0 Å². The zero-order valence-corrected chi connectivity index (χ0v) is 35.1. The van der Waals surface area contributed by atoms with E-state index in [0.717, 1.165) is 10.8 Å². The van der Waals surface area contributed by atoms with E-state index in [-0.39, 0.29) is 56.0 Å². The number of nitriles is 1. The van der Waals surface area contributed by atoms with Crippen molar-refractivity contribution in [3.05, 3.63) is 223 Å². The number of hydrogen-bond donors (Lipinski definition) is 0. The second-order valence-electron chi connectivity index (χ2n) is 16.2. The maximum Gasteiger partial charge on any atom is 0.212 e. The summed E-state index contributed by atoms with van der Waals surface area (Å²) < 4.78 is 150. The van der Waals surface area contributed by atoms with E-state index in [1.54, 1.807) is 69.8 Å². The van der Waals surface area contributed by atoms with Crippen molar-refractivity contribution < 1.29 is 29.4 Å². The van der Waals surface area contributed by atoms with Gasteiger partial charge >= 0.3 is 0 Å². The molecule has 0 radical (unpaired) electrons. The Morgan fingerprint density at radius 3 is 1.40 bits per heavy atom. The molecule has 10 aromatic carbocycles. The molecule has 0 N–H and O–H groups in total. The summed E-state index contributed by atoms with van der Waals surface area (Å²) in [6.07, 6.45) is 0. The largest absolute Gasteiger partial charge is 0.455 e. The van der Waals surface area contributed by atoms with E-state index >= 15 is 0 Å². The highest BCUT2D eigenvalue weighted by atomic mass is 16.3. The first-order valence-electron chi connectivity index (χ1n) is 28.9. The van der Waals surface area contributed by atoms with Gasteiger partial charge in [-0.1, -0.05) is 139 Å². The molecule has 0 fully saturated rings. The summed E-state index contributed by atoms with van der Waals surface area (Å²) >= 11 is 0. The van der Waals surface area contributed by atoms with E-state index in [1.165, 1.54) is 6.07 Å². The maximum atomic E-state index is 11.6. The third kappa shape index (κ3) is 5.31. The van der Waals surface area contributed by atoms with E-state index in [2.05, 4.69) is 10.9 Å². The Labute approximate surface area is 409 Å². The molecule has 0 atom stereocenters. The van der Waals surface area contributed by atoms with Crippen molar-refractivity contribution in [1.82, 2.24) is 9.13 Å². The lowest BCUT2D eigenvalue weighted by molar-refractivity contribution is 0.672. The van der Waals surface area contributed by atoms with Crippen LogP contribution in [0.3, 0.4) is 0 Å². The van der Waals surface area contributed by atoms with Crippen LogP contribution < -0.4 is 0 Å². The highest BCUT2D eigenvalue weighted by molar-refractivity contribution is 6.26. The SMILES string of the molecule is [2H]c1c([2H])c([2H])c(-c2ccc3c(c2)c2c4oc5ccccc5c4ccc2n3-c2c(C#N)cc([N+]#[C-])c(-n3c4ccc(-c5c([2H])c([2H])c([2H])c([2H])c5[2H])cc4c4c5oc6ccccc6c5ccc43)c2-c2c([2H])c([2H])c([2H])c([2H])c2[2H])c([2H])c1[2H]. The van der Waals surface area contributed by atoms with Gasteiger partial charge in [0.15, 0.2) is 0 Å². The third-order valence-corrected chi connectivity index (χ3v) is 12.8. The Morgan fingerprint density at radius 1 is 0.456 bits per heavy atom. The Morgan fingerprint density at radius 2 is 0.912 bits per heavy atom. The molecule has 0 unspecified atom stereocenters. The minimum Gasteiger partial charge on any atom is -0.455 e. The molecule has 4 aromatic heterocycles. The summed E-state index contributed by atoms with van der Waals surface area (Å²) in [4.78, 5) is 4.05. The molecule has 14 aromatic rings. The average Bonchev–Trinajstić information content (AvgIpc) is 2.05. The van der Waals surface area contributed by atoms with Gasteiger partial charge in [-0.3, -0.25) is 0 Å². The molecular formula is C62H34N4O2. The van der Waals surface area contributed by atoms with Gasteiger partial charge < -0.3 is 18.0 Å². The first-order chi connectivity index (χ1) is 39.9. The summed E-state index contributed by atoms with van der Waals surface area (Å²) in [5, 5.41) is 16.2. The molecule has 68 heavy (non-hydrogen) atoms. The number of para-hydroxylation sites is 2. The number of nitrogens with zero attached hydrogens (tertiary/aromatic N) is 4. The number of fused-ring (bicyclic) bond motifs is 14. The van der Waals surface area contributed by atoms with Gasteiger partial charge in [0, 0.05) is 37.9 Å². The fourth-order valence-electron chi connectivity index (χ4n) is 10.0. The monoisotopic (exact) mass is 881 g/mol. The standard InChI is InChI=1S/C62H34N4O2/c1-64-49-35-42(36-63)59(65-50-29-25-40(37-15-5-2-6-16-37)33-47(50)57-52(65)31-27-45-43-21-11-13-23-54(43)67-61(45)57)56(39-19-9-4-10-20-39)60(49)66-51-30-26-41(38-17-7-3-8-18-38)34-48(51)58-53(66)32-28-46-44-22-12-14-24-55(44)68-62(46)58/h2-35H/i2D,3D,4D,5D,6D,7D,8D,9D,10D,15D,16D,17D,18D,19D,20D. The predicted octanol–water partition coefficient (Wildman–Crippen LogP) is 17.1. The first kappa shape index (κ1) is 25.8. The van der Waals surface area contributed by atoms with Crippen molar-refractivity contribution in [3.8, 4) is 50.8 Å². The minimum atomic E-state index is -0.714. The molecule has 4 heterocycles. The van der Waals surface area contributed by atoms with Crippen LogP contribution in [0.5, 0.6) is 0 Å². The molecule has 0 aliphatic carbocycles. The molecule has 0 aliphatic heterocycles. The lowest BCUT2D eigenvalue weighted by Crippen LogP contribution is -2.06. The molecule has 0 spiro atoms. The first-order valence-corrected chi connectivity index (χ1v) is 21.4. The summed E-state index contributed by atoms with van der Waals surface area (Å²) in [5.74, 6) is 0. The molecule has 0 aliphatic rings. The fraction of sp³-hybridized carbons (Fsp3) is 0. The van der Waals surface area contributed by atoms with E-state index in [4.69, 9.17) is 33.2 Å². The van der Waals surface area contributed by atoms with Gasteiger partial charge in [-0.25, -0.2) is 4.85 Å². The van der Waals surface area contributed by atoms with Crippen LogP contribution in [0.25, 0.3) is 137 Å². The second kappa shape index (κ2) is 14.4. The van der Waals surface area contributed by atoms with E-state index in [1.807, 2.05) is 48.5 Å². The Balaban J connectivity index is 1.21.